The number of hydrogen-bond donors (Lipinski definition) is 1. The van der Waals surface area contributed by atoms with Gasteiger partial charge in [-0.05, 0) is 42.0 Å². The van der Waals surface area contributed by atoms with Crippen molar-refractivity contribution in [1.29, 1.82) is 0 Å². The standard InChI is InChI=1S/C22H19N3O2S/c26-28(27,24-20-9-5-2-6-10-20)21-13-11-19(12-14-21)22-23-15-16-25(22)17-18-7-3-1-4-8-18/h1-16,24H,17H2. The van der Waals surface area contributed by atoms with Crippen LogP contribution in [0, 0.1) is 0 Å². The Morgan fingerprint density at radius 3 is 2.14 bits per heavy atom. The van der Waals surface area contributed by atoms with E-state index in [0.29, 0.717) is 12.2 Å². The Morgan fingerprint density at radius 2 is 1.46 bits per heavy atom. The molecule has 0 radical (unpaired) electrons. The maximum absolute atomic E-state index is 12.6. The Bertz CT molecular complexity index is 1150. The summed E-state index contributed by atoms with van der Waals surface area (Å²) in [6, 6.07) is 25.7. The predicted octanol–water partition coefficient (Wildman–Crippen LogP) is 4.40. The second-order valence-electron chi connectivity index (χ2n) is 6.36. The van der Waals surface area contributed by atoms with Gasteiger partial charge in [-0.25, -0.2) is 13.4 Å². The fraction of sp³-hybridized carbons (Fsp3) is 0.0455. The van der Waals surface area contributed by atoms with E-state index in [9.17, 15) is 8.42 Å². The molecule has 3 aromatic carbocycles. The molecule has 0 aliphatic heterocycles. The molecule has 1 N–H and O–H groups in total. The number of sulfonamides is 1. The summed E-state index contributed by atoms with van der Waals surface area (Å²) in [6.07, 6.45) is 3.67. The van der Waals surface area contributed by atoms with Crippen molar-refractivity contribution in [2.45, 2.75) is 11.4 Å². The Hall–Kier alpha value is -3.38. The zero-order valence-corrected chi connectivity index (χ0v) is 15.9. The number of para-hydroxylation sites is 1. The molecule has 0 bridgehead atoms. The van der Waals surface area contributed by atoms with Crippen LogP contribution in [0.3, 0.4) is 0 Å². The van der Waals surface area contributed by atoms with Gasteiger partial charge in [0, 0.05) is 30.2 Å². The zero-order valence-electron chi connectivity index (χ0n) is 15.1. The molecule has 0 unspecified atom stereocenters. The van der Waals surface area contributed by atoms with E-state index < -0.39 is 10.0 Å². The minimum absolute atomic E-state index is 0.210. The number of anilines is 1. The molecular formula is C22H19N3O2S. The number of benzene rings is 3. The summed E-state index contributed by atoms with van der Waals surface area (Å²) in [5.74, 6) is 0.795. The molecule has 4 aromatic rings. The van der Waals surface area contributed by atoms with E-state index in [2.05, 4.69) is 21.8 Å². The third-order valence-corrected chi connectivity index (χ3v) is 5.76. The van der Waals surface area contributed by atoms with E-state index in [-0.39, 0.29) is 4.90 Å². The molecule has 0 aliphatic carbocycles. The summed E-state index contributed by atoms with van der Waals surface area (Å²) in [5, 5.41) is 0. The van der Waals surface area contributed by atoms with Crippen molar-refractivity contribution in [1.82, 2.24) is 9.55 Å². The number of nitrogens with one attached hydrogen (secondary N) is 1. The minimum Gasteiger partial charge on any atom is -0.327 e. The van der Waals surface area contributed by atoms with Crippen LogP contribution in [-0.2, 0) is 16.6 Å². The summed E-state index contributed by atoms with van der Waals surface area (Å²) >= 11 is 0. The van der Waals surface area contributed by atoms with Crippen molar-refractivity contribution in [3.63, 3.8) is 0 Å². The van der Waals surface area contributed by atoms with Gasteiger partial charge in [0.05, 0.1) is 4.90 Å². The normalized spacial score (nSPS) is 11.3. The van der Waals surface area contributed by atoms with Crippen LogP contribution in [0.2, 0.25) is 0 Å². The van der Waals surface area contributed by atoms with Gasteiger partial charge in [0.2, 0.25) is 0 Å². The fourth-order valence-corrected chi connectivity index (χ4v) is 4.04. The first-order valence-corrected chi connectivity index (χ1v) is 10.3. The monoisotopic (exact) mass is 389 g/mol. The molecule has 28 heavy (non-hydrogen) atoms. The van der Waals surface area contributed by atoms with E-state index in [1.165, 1.54) is 5.56 Å². The van der Waals surface area contributed by atoms with Crippen molar-refractivity contribution in [3.8, 4) is 11.4 Å². The first-order valence-electron chi connectivity index (χ1n) is 8.85. The quantitative estimate of drug-likeness (QED) is 0.532. The van der Waals surface area contributed by atoms with Crippen molar-refractivity contribution in [3.05, 3.63) is 103 Å². The van der Waals surface area contributed by atoms with Crippen molar-refractivity contribution in [2.24, 2.45) is 0 Å². The summed E-state index contributed by atoms with van der Waals surface area (Å²) in [5.41, 5.74) is 2.57. The summed E-state index contributed by atoms with van der Waals surface area (Å²) in [6.45, 7) is 0.700. The highest BCUT2D eigenvalue weighted by atomic mass is 32.2. The third-order valence-electron chi connectivity index (χ3n) is 4.36. The Kier molecular flexibility index (Phi) is 4.95. The van der Waals surface area contributed by atoms with Crippen molar-refractivity contribution >= 4 is 15.7 Å². The molecule has 0 fully saturated rings. The second kappa shape index (κ2) is 7.70. The highest BCUT2D eigenvalue weighted by molar-refractivity contribution is 7.92. The van der Waals surface area contributed by atoms with Gasteiger partial charge < -0.3 is 4.57 Å². The average molecular weight is 389 g/mol. The maximum Gasteiger partial charge on any atom is 0.261 e. The molecule has 6 heteroatoms. The highest BCUT2D eigenvalue weighted by Crippen LogP contribution is 2.22. The van der Waals surface area contributed by atoms with Gasteiger partial charge in [-0.2, -0.15) is 0 Å². The van der Waals surface area contributed by atoms with Crippen LogP contribution in [-0.4, -0.2) is 18.0 Å². The van der Waals surface area contributed by atoms with Gasteiger partial charge in [0.15, 0.2) is 0 Å². The zero-order chi connectivity index (χ0) is 19.4. The predicted molar refractivity (Wildman–Crippen MR) is 110 cm³/mol. The number of hydrogen-bond acceptors (Lipinski definition) is 3. The molecule has 1 aromatic heterocycles. The first-order chi connectivity index (χ1) is 13.6. The lowest BCUT2D eigenvalue weighted by Crippen LogP contribution is -2.12. The van der Waals surface area contributed by atoms with E-state index >= 15 is 0 Å². The van der Waals surface area contributed by atoms with Crippen LogP contribution >= 0.6 is 0 Å². The molecule has 1 heterocycles. The lowest BCUT2D eigenvalue weighted by Gasteiger charge is -2.10. The SMILES string of the molecule is O=S(=O)(Nc1ccccc1)c1ccc(-c2nccn2Cc2ccccc2)cc1. The average Bonchev–Trinajstić information content (AvgIpc) is 3.17. The molecule has 4 rings (SSSR count). The molecule has 0 spiro atoms. The molecule has 0 aliphatic rings. The van der Waals surface area contributed by atoms with E-state index in [1.807, 2.05) is 35.0 Å². The van der Waals surface area contributed by atoms with Gasteiger partial charge in [-0.15, -0.1) is 0 Å². The molecule has 140 valence electrons. The van der Waals surface area contributed by atoms with Crippen LogP contribution in [0.5, 0.6) is 0 Å². The lowest BCUT2D eigenvalue weighted by atomic mass is 10.2. The maximum atomic E-state index is 12.6. The fourth-order valence-electron chi connectivity index (χ4n) is 2.98. The Morgan fingerprint density at radius 1 is 0.821 bits per heavy atom. The molecule has 0 saturated heterocycles. The minimum atomic E-state index is -3.63. The molecule has 0 atom stereocenters. The number of imidazole rings is 1. The Balaban J connectivity index is 1.57. The van der Waals surface area contributed by atoms with Crippen LogP contribution in [0.25, 0.3) is 11.4 Å². The summed E-state index contributed by atoms with van der Waals surface area (Å²) in [7, 11) is -3.63. The number of rotatable bonds is 6. The van der Waals surface area contributed by atoms with Crippen molar-refractivity contribution in [2.75, 3.05) is 4.72 Å². The van der Waals surface area contributed by atoms with Gasteiger partial charge in [0.1, 0.15) is 5.82 Å². The van der Waals surface area contributed by atoms with Gasteiger partial charge in [-0.3, -0.25) is 4.72 Å². The summed E-state index contributed by atoms with van der Waals surface area (Å²) in [4.78, 5) is 4.65. The highest BCUT2D eigenvalue weighted by Gasteiger charge is 2.15. The van der Waals surface area contributed by atoms with Gasteiger partial charge in [0.25, 0.3) is 10.0 Å². The topological polar surface area (TPSA) is 64.0 Å². The molecule has 0 amide bonds. The van der Waals surface area contributed by atoms with Crippen LogP contribution < -0.4 is 4.72 Å². The third kappa shape index (κ3) is 3.97. The largest absolute Gasteiger partial charge is 0.327 e. The first kappa shape index (κ1) is 18.0. The molecule has 0 saturated carbocycles. The molecular weight excluding hydrogens is 370 g/mol. The lowest BCUT2D eigenvalue weighted by molar-refractivity contribution is 0.601. The Labute approximate surface area is 164 Å². The van der Waals surface area contributed by atoms with E-state index in [4.69, 9.17) is 0 Å². The van der Waals surface area contributed by atoms with Crippen LogP contribution in [0.4, 0.5) is 5.69 Å². The van der Waals surface area contributed by atoms with Crippen molar-refractivity contribution < 1.29 is 8.42 Å². The second-order valence-corrected chi connectivity index (χ2v) is 8.04. The molecule has 5 nitrogen and oxygen atoms in total. The summed E-state index contributed by atoms with van der Waals surface area (Å²) < 4.78 is 29.8. The van der Waals surface area contributed by atoms with Gasteiger partial charge >= 0.3 is 0 Å². The van der Waals surface area contributed by atoms with Gasteiger partial charge in [-0.1, -0.05) is 48.5 Å². The number of aromatic nitrogens is 2. The smallest absolute Gasteiger partial charge is 0.261 e. The van der Waals surface area contributed by atoms with E-state index in [1.54, 1.807) is 54.7 Å². The van der Waals surface area contributed by atoms with Crippen LogP contribution in [0.1, 0.15) is 5.56 Å². The van der Waals surface area contributed by atoms with E-state index in [0.717, 1.165) is 11.4 Å². The van der Waals surface area contributed by atoms with Crippen LogP contribution in [0.15, 0.2) is 102 Å². The number of nitrogens with zero attached hydrogens (tertiary/aromatic N) is 2.